The Kier molecular flexibility index (Phi) is 10.5. The third-order valence-corrected chi connectivity index (χ3v) is 3.94. The lowest BCUT2D eigenvalue weighted by atomic mass is 9.96. The minimum atomic E-state index is -0.366. The molecule has 0 saturated heterocycles. The van der Waals surface area contributed by atoms with Crippen LogP contribution in [0.5, 0.6) is 0 Å². The lowest BCUT2D eigenvalue weighted by Gasteiger charge is -2.18. The topological polar surface area (TPSA) is 74.8 Å². The largest absolute Gasteiger partial charge is 0.374 e. The smallest absolute Gasteiger partial charge is 0.225 e. The Bertz CT molecular complexity index is 567. The quantitative estimate of drug-likeness (QED) is 0.333. The first-order valence-electron chi connectivity index (χ1n) is 9.81. The van der Waals surface area contributed by atoms with Gasteiger partial charge in [0.2, 0.25) is 5.91 Å². The van der Waals surface area contributed by atoms with E-state index >= 15 is 0 Å². The van der Waals surface area contributed by atoms with E-state index in [1.165, 1.54) is 5.56 Å². The molecule has 0 bridgehead atoms. The molecule has 0 heterocycles. The van der Waals surface area contributed by atoms with Gasteiger partial charge >= 0.3 is 0 Å². The zero-order valence-corrected chi connectivity index (χ0v) is 17.5. The summed E-state index contributed by atoms with van der Waals surface area (Å²) in [5.41, 5.74) is 0.823. The fraction of sp³-hybridized carbons (Fsp3) is 0.619. The van der Waals surface area contributed by atoms with Crippen molar-refractivity contribution in [2.45, 2.75) is 47.1 Å². The van der Waals surface area contributed by atoms with Crippen LogP contribution in [0, 0.1) is 5.41 Å². The van der Waals surface area contributed by atoms with Crippen molar-refractivity contribution in [3.63, 3.8) is 0 Å². The van der Waals surface area contributed by atoms with E-state index in [2.05, 4.69) is 40.0 Å². The first-order valence-corrected chi connectivity index (χ1v) is 9.81. The van der Waals surface area contributed by atoms with Crippen LogP contribution in [0.15, 0.2) is 35.3 Å². The maximum atomic E-state index is 11.8. The maximum Gasteiger partial charge on any atom is 0.225 e. The number of benzene rings is 1. The molecule has 1 amide bonds. The molecule has 1 aromatic rings. The number of nitrogens with zero attached hydrogens (tertiary/aromatic N) is 1. The van der Waals surface area contributed by atoms with Gasteiger partial charge in [0.15, 0.2) is 5.96 Å². The molecule has 0 aromatic heterocycles. The number of nitrogens with one attached hydrogen (secondary N) is 3. The summed E-state index contributed by atoms with van der Waals surface area (Å²) in [6.45, 7) is 13.2. The van der Waals surface area contributed by atoms with Gasteiger partial charge in [-0.2, -0.15) is 0 Å². The monoisotopic (exact) mass is 376 g/mol. The molecule has 27 heavy (non-hydrogen) atoms. The Balaban J connectivity index is 2.25. The summed E-state index contributed by atoms with van der Waals surface area (Å²) in [6, 6.07) is 10.2. The molecule has 0 radical (unpaired) electrons. The van der Waals surface area contributed by atoms with Crippen LogP contribution >= 0.6 is 0 Å². The average Bonchev–Trinajstić information content (AvgIpc) is 2.64. The van der Waals surface area contributed by atoms with Gasteiger partial charge in [0.05, 0.1) is 6.10 Å². The van der Waals surface area contributed by atoms with E-state index in [0.717, 1.165) is 18.9 Å². The van der Waals surface area contributed by atoms with Crippen LogP contribution < -0.4 is 16.0 Å². The number of aliphatic imine (C=N–C) groups is 1. The van der Waals surface area contributed by atoms with Gasteiger partial charge in [0.25, 0.3) is 0 Å². The van der Waals surface area contributed by atoms with E-state index in [1.807, 2.05) is 45.9 Å². The van der Waals surface area contributed by atoms with Crippen LogP contribution in [0.2, 0.25) is 0 Å². The van der Waals surface area contributed by atoms with Gasteiger partial charge in [-0.05, 0) is 25.8 Å². The second-order valence-electron chi connectivity index (χ2n) is 7.47. The minimum absolute atomic E-state index is 0.0518. The highest BCUT2D eigenvalue weighted by molar-refractivity contribution is 5.81. The average molecular weight is 377 g/mol. The predicted molar refractivity (Wildman–Crippen MR) is 112 cm³/mol. The minimum Gasteiger partial charge on any atom is -0.374 e. The van der Waals surface area contributed by atoms with Crippen molar-refractivity contribution >= 4 is 11.9 Å². The molecule has 0 fully saturated rings. The SMILES string of the molecule is CCNC(=NCCCOC(C)c1ccccc1)NCCNC(=O)C(C)(C)C. The van der Waals surface area contributed by atoms with Crippen LogP contribution in [0.4, 0.5) is 0 Å². The first kappa shape index (κ1) is 23.0. The number of carbonyl (C=O) groups excluding carboxylic acids is 1. The second-order valence-corrected chi connectivity index (χ2v) is 7.47. The molecule has 0 aliphatic heterocycles. The van der Waals surface area contributed by atoms with Crippen molar-refractivity contribution in [3.05, 3.63) is 35.9 Å². The number of ether oxygens (including phenoxy) is 1. The molecule has 0 aliphatic carbocycles. The van der Waals surface area contributed by atoms with Crippen LogP contribution in [0.1, 0.15) is 52.7 Å². The van der Waals surface area contributed by atoms with Gasteiger partial charge in [-0.1, -0.05) is 51.1 Å². The lowest BCUT2D eigenvalue weighted by molar-refractivity contribution is -0.128. The fourth-order valence-electron chi connectivity index (χ4n) is 2.30. The van der Waals surface area contributed by atoms with E-state index in [0.29, 0.717) is 26.2 Å². The molecule has 1 atom stereocenters. The standard InChI is InChI=1S/C21H36N4O2/c1-6-22-20(25-15-14-23-19(26)21(3,4)5)24-13-10-16-27-17(2)18-11-8-7-9-12-18/h7-9,11-12,17H,6,10,13-16H2,1-5H3,(H,23,26)(H2,22,24,25). The first-order chi connectivity index (χ1) is 12.8. The fourth-order valence-corrected chi connectivity index (χ4v) is 2.30. The summed E-state index contributed by atoms with van der Waals surface area (Å²) < 4.78 is 5.87. The van der Waals surface area contributed by atoms with E-state index < -0.39 is 0 Å². The molecule has 152 valence electrons. The van der Waals surface area contributed by atoms with Crippen LogP contribution in [-0.2, 0) is 9.53 Å². The van der Waals surface area contributed by atoms with Gasteiger partial charge in [-0.25, -0.2) is 0 Å². The van der Waals surface area contributed by atoms with E-state index in [4.69, 9.17) is 4.74 Å². The third-order valence-electron chi connectivity index (χ3n) is 3.94. The summed E-state index contributed by atoms with van der Waals surface area (Å²) >= 11 is 0. The Morgan fingerprint density at radius 2 is 1.78 bits per heavy atom. The molecule has 1 unspecified atom stereocenters. The molecule has 0 spiro atoms. The van der Waals surface area contributed by atoms with Gasteiger partial charge < -0.3 is 20.7 Å². The normalized spacial score (nSPS) is 13.1. The van der Waals surface area contributed by atoms with Gasteiger partial charge in [0.1, 0.15) is 0 Å². The molecule has 1 aromatic carbocycles. The summed E-state index contributed by atoms with van der Waals surface area (Å²) in [7, 11) is 0. The Hall–Kier alpha value is -2.08. The summed E-state index contributed by atoms with van der Waals surface area (Å²) in [5, 5.41) is 9.37. The number of hydrogen-bond donors (Lipinski definition) is 3. The number of hydrogen-bond acceptors (Lipinski definition) is 3. The highest BCUT2D eigenvalue weighted by Gasteiger charge is 2.20. The molecular weight excluding hydrogens is 340 g/mol. The maximum absolute atomic E-state index is 11.8. The van der Waals surface area contributed by atoms with Gasteiger partial charge in [0, 0.05) is 38.2 Å². The second kappa shape index (κ2) is 12.3. The number of carbonyl (C=O) groups is 1. The lowest BCUT2D eigenvalue weighted by Crippen LogP contribution is -2.43. The third kappa shape index (κ3) is 9.99. The zero-order chi connectivity index (χ0) is 20.1. The van der Waals surface area contributed by atoms with Crippen molar-refractivity contribution < 1.29 is 9.53 Å². The molecular formula is C21H36N4O2. The molecule has 6 nitrogen and oxygen atoms in total. The van der Waals surface area contributed by atoms with Gasteiger partial charge in [-0.3, -0.25) is 9.79 Å². The van der Waals surface area contributed by atoms with Gasteiger partial charge in [-0.15, -0.1) is 0 Å². The van der Waals surface area contributed by atoms with E-state index in [-0.39, 0.29) is 17.4 Å². The Morgan fingerprint density at radius 3 is 2.41 bits per heavy atom. The highest BCUT2D eigenvalue weighted by Crippen LogP contribution is 2.15. The summed E-state index contributed by atoms with van der Waals surface area (Å²) in [4.78, 5) is 16.4. The van der Waals surface area contributed by atoms with Crippen molar-refractivity contribution in [1.82, 2.24) is 16.0 Å². The van der Waals surface area contributed by atoms with E-state index in [9.17, 15) is 4.79 Å². The Labute approximate surface area is 164 Å². The molecule has 0 saturated carbocycles. The highest BCUT2D eigenvalue weighted by atomic mass is 16.5. The molecule has 6 heteroatoms. The number of guanidine groups is 1. The van der Waals surface area contributed by atoms with Crippen LogP contribution in [-0.4, -0.2) is 44.7 Å². The predicted octanol–water partition coefficient (Wildman–Crippen LogP) is 2.87. The van der Waals surface area contributed by atoms with Crippen LogP contribution in [0.25, 0.3) is 0 Å². The van der Waals surface area contributed by atoms with E-state index in [1.54, 1.807) is 0 Å². The molecule has 0 aliphatic rings. The van der Waals surface area contributed by atoms with Crippen molar-refractivity contribution in [3.8, 4) is 0 Å². The number of amides is 1. The van der Waals surface area contributed by atoms with Crippen molar-refractivity contribution in [2.75, 3.05) is 32.8 Å². The zero-order valence-electron chi connectivity index (χ0n) is 17.5. The number of rotatable bonds is 10. The van der Waals surface area contributed by atoms with Crippen molar-refractivity contribution in [2.24, 2.45) is 10.4 Å². The summed E-state index contributed by atoms with van der Waals surface area (Å²) in [5.74, 6) is 0.814. The van der Waals surface area contributed by atoms with Crippen LogP contribution in [0.3, 0.4) is 0 Å². The Morgan fingerprint density at radius 1 is 1.11 bits per heavy atom. The molecule has 3 N–H and O–H groups in total. The molecule has 1 rings (SSSR count). The van der Waals surface area contributed by atoms with Crippen molar-refractivity contribution in [1.29, 1.82) is 0 Å². The summed E-state index contributed by atoms with van der Waals surface area (Å²) in [6.07, 6.45) is 0.946.